The number of carbonyl (C=O) groups is 1. The highest BCUT2D eigenvalue weighted by Gasteiger charge is 2.24. The Hall–Kier alpha value is -2.32. The van der Waals surface area contributed by atoms with Crippen molar-refractivity contribution in [2.24, 2.45) is 5.92 Å². The van der Waals surface area contributed by atoms with Gasteiger partial charge in [-0.2, -0.15) is 5.26 Å². The summed E-state index contributed by atoms with van der Waals surface area (Å²) < 4.78 is 5.58. The fourth-order valence-electron chi connectivity index (χ4n) is 3.07. The Balaban J connectivity index is 1.67. The van der Waals surface area contributed by atoms with Crippen LogP contribution in [0.4, 0.5) is 5.00 Å². The van der Waals surface area contributed by atoms with E-state index < -0.39 is 0 Å². The van der Waals surface area contributed by atoms with Gasteiger partial charge in [0.2, 0.25) is 0 Å². The van der Waals surface area contributed by atoms with Crippen LogP contribution in [0.1, 0.15) is 40.5 Å². The molecule has 1 aliphatic rings. The highest BCUT2D eigenvalue weighted by molar-refractivity contribution is 7.16. The predicted octanol–water partition coefficient (Wildman–Crippen LogP) is 4.38. The van der Waals surface area contributed by atoms with Gasteiger partial charge < -0.3 is 10.1 Å². The summed E-state index contributed by atoms with van der Waals surface area (Å²) in [5, 5.41) is 13.0. The molecule has 4 nitrogen and oxygen atoms in total. The standard InChI is InChI=1S/C20H22N2O2S/c1-12-4-7-16-17(10-21)20(25-18(16)8-12)22-19(23)11-24-15-6-5-13(2)14(3)9-15/h5-6,9,12H,4,7-8,11H2,1-3H3,(H,22,23). The Kier molecular flexibility index (Phi) is 5.10. The van der Waals surface area contributed by atoms with E-state index in [4.69, 9.17) is 4.74 Å². The second kappa shape index (κ2) is 7.28. The van der Waals surface area contributed by atoms with Crippen LogP contribution in [0, 0.1) is 31.1 Å². The average Bonchev–Trinajstić information content (AvgIpc) is 2.91. The molecular weight excluding hydrogens is 332 g/mol. The molecule has 3 rings (SSSR count). The van der Waals surface area contributed by atoms with Gasteiger partial charge in [0.1, 0.15) is 16.8 Å². The summed E-state index contributed by atoms with van der Waals surface area (Å²) in [5.74, 6) is 1.08. The van der Waals surface area contributed by atoms with Gasteiger partial charge in [-0.25, -0.2) is 0 Å². The zero-order valence-electron chi connectivity index (χ0n) is 14.8. The molecule has 0 saturated carbocycles. The van der Waals surface area contributed by atoms with Crippen LogP contribution in [-0.2, 0) is 17.6 Å². The number of hydrogen-bond donors (Lipinski definition) is 1. The van der Waals surface area contributed by atoms with Crippen LogP contribution in [0.2, 0.25) is 0 Å². The predicted molar refractivity (Wildman–Crippen MR) is 100 cm³/mol. The minimum absolute atomic E-state index is 0.0632. The van der Waals surface area contributed by atoms with Crippen molar-refractivity contribution >= 4 is 22.2 Å². The van der Waals surface area contributed by atoms with Crippen molar-refractivity contribution in [2.75, 3.05) is 11.9 Å². The summed E-state index contributed by atoms with van der Waals surface area (Å²) in [6.07, 6.45) is 3.01. The van der Waals surface area contributed by atoms with E-state index in [1.807, 2.05) is 32.0 Å². The number of rotatable bonds is 4. The van der Waals surface area contributed by atoms with Gasteiger partial charge in [-0.15, -0.1) is 11.3 Å². The number of anilines is 1. The number of amides is 1. The fourth-order valence-corrected chi connectivity index (χ4v) is 4.45. The average molecular weight is 354 g/mol. The minimum Gasteiger partial charge on any atom is -0.484 e. The zero-order chi connectivity index (χ0) is 18.0. The van der Waals surface area contributed by atoms with Gasteiger partial charge in [0, 0.05) is 4.88 Å². The van der Waals surface area contributed by atoms with Gasteiger partial charge in [-0.3, -0.25) is 4.79 Å². The molecule has 1 aromatic heterocycles. The minimum atomic E-state index is -0.235. The van der Waals surface area contributed by atoms with Crippen molar-refractivity contribution in [1.29, 1.82) is 5.26 Å². The lowest BCUT2D eigenvalue weighted by molar-refractivity contribution is -0.118. The van der Waals surface area contributed by atoms with Crippen LogP contribution < -0.4 is 10.1 Å². The molecular formula is C20H22N2O2S. The first-order valence-corrected chi connectivity index (χ1v) is 9.34. The Morgan fingerprint density at radius 3 is 2.92 bits per heavy atom. The van der Waals surface area contributed by atoms with E-state index in [-0.39, 0.29) is 12.5 Å². The first-order chi connectivity index (χ1) is 12.0. The first kappa shape index (κ1) is 17.5. The van der Waals surface area contributed by atoms with E-state index in [1.54, 1.807) is 0 Å². The molecule has 25 heavy (non-hydrogen) atoms. The van der Waals surface area contributed by atoms with Crippen LogP contribution in [0.5, 0.6) is 5.75 Å². The van der Waals surface area contributed by atoms with Crippen LogP contribution in [-0.4, -0.2) is 12.5 Å². The first-order valence-electron chi connectivity index (χ1n) is 8.52. The molecule has 1 unspecified atom stereocenters. The number of fused-ring (bicyclic) bond motifs is 1. The number of aryl methyl sites for hydroxylation is 2. The third kappa shape index (κ3) is 3.85. The third-order valence-electron chi connectivity index (χ3n) is 4.72. The fraction of sp³-hybridized carbons (Fsp3) is 0.400. The summed E-state index contributed by atoms with van der Waals surface area (Å²) in [6, 6.07) is 8.03. The number of nitriles is 1. The van der Waals surface area contributed by atoms with Gasteiger partial charge in [0.25, 0.3) is 5.91 Å². The molecule has 5 heteroatoms. The summed E-state index contributed by atoms with van der Waals surface area (Å²) in [7, 11) is 0. The summed E-state index contributed by atoms with van der Waals surface area (Å²) in [4.78, 5) is 13.5. The van der Waals surface area contributed by atoms with Crippen LogP contribution in [0.15, 0.2) is 18.2 Å². The summed E-state index contributed by atoms with van der Waals surface area (Å²) in [5.41, 5.74) is 4.07. The molecule has 0 saturated heterocycles. The Morgan fingerprint density at radius 1 is 1.40 bits per heavy atom. The molecule has 1 aliphatic carbocycles. The molecule has 2 aromatic rings. The topological polar surface area (TPSA) is 62.1 Å². The maximum absolute atomic E-state index is 12.2. The second-order valence-electron chi connectivity index (χ2n) is 6.75. The number of benzene rings is 1. The van der Waals surface area contributed by atoms with Crippen molar-refractivity contribution in [2.45, 2.75) is 40.0 Å². The normalized spacial score (nSPS) is 16.0. The highest BCUT2D eigenvalue weighted by Crippen LogP contribution is 2.39. The van der Waals surface area contributed by atoms with Crippen molar-refractivity contribution in [3.63, 3.8) is 0 Å². The monoisotopic (exact) mass is 354 g/mol. The molecule has 0 fully saturated rings. The van der Waals surface area contributed by atoms with Crippen LogP contribution >= 0.6 is 11.3 Å². The van der Waals surface area contributed by atoms with E-state index in [1.165, 1.54) is 21.8 Å². The quantitative estimate of drug-likeness (QED) is 0.886. The second-order valence-corrected chi connectivity index (χ2v) is 7.86. The van der Waals surface area contributed by atoms with Crippen LogP contribution in [0.3, 0.4) is 0 Å². The molecule has 1 atom stereocenters. The summed E-state index contributed by atoms with van der Waals surface area (Å²) in [6.45, 7) is 6.21. The number of thiophene rings is 1. The largest absolute Gasteiger partial charge is 0.484 e. The van der Waals surface area contributed by atoms with Gasteiger partial charge in [-0.05, 0) is 67.9 Å². The Bertz CT molecular complexity index is 848. The van der Waals surface area contributed by atoms with Gasteiger partial charge in [0.05, 0.1) is 5.56 Å². The van der Waals surface area contributed by atoms with E-state index in [0.29, 0.717) is 22.2 Å². The molecule has 0 radical (unpaired) electrons. The lowest BCUT2D eigenvalue weighted by atomic mass is 9.89. The zero-order valence-corrected chi connectivity index (χ0v) is 15.6. The van der Waals surface area contributed by atoms with E-state index in [2.05, 4.69) is 18.3 Å². The molecule has 0 bridgehead atoms. The van der Waals surface area contributed by atoms with Crippen molar-refractivity contribution in [3.05, 3.63) is 45.3 Å². The van der Waals surface area contributed by atoms with Crippen molar-refractivity contribution in [1.82, 2.24) is 0 Å². The molecule has 130 valence electrons. The van der Waals surface area contributed by atoms with Gasteiger partial charge >= 0.3 is 0 Å². The van der Waals surface area contributed by atoms with E-state index >= 15 is 0 Å². The molecule has 0 spiro atoms. The molecule has 1 amide bonds. The van der Waals surface area contributed by atoms with E-state index in [9.17, 15) is 10.1 Å². The Labute approximate surface area is 152 Å². The maximum Gasteiger partial charge on any atom is 0.262 e. The maximum atomic E-state index is 12.2. The summed E-state index contributed by atoms with van der Waals surface area (Å²) >= 11 is 1.53. The molecule has 1 heterocycles. The molecule has 0 aliphatic heterocycles. The number of nitrogens with zero attached hydrogens (tertiary/aromatic N) is 1. The highest BCUT2D eigenvalue weighted by atomic mass is 32.1. The molecule has 1 aromatic carbocycles. The van der Waals surface area contributed by atoms with Crippen LogP contribution in [0.25, 0.3) is 0 Å². The number of hydrogen-bond acceptors (Lipinski definition) is 4. The number of ether oxygens (including phenoxy) is 1. The third-order valence-corrected chi connectivity index (χ3v) is 5.89. The smallest absolute Gasteiger partial charge is 0.262 e. The van der Waals surface area contributed by atoms with Gasteiger partial charge in [-0.1, -0.05) is 13.0 Å². The lowest BCUT2D eigenvalue weighted by Gasteiger charge is -2.17. The van der Waals surface area contributed by atoms with Crippen molar-refractivity contribution in [3.8, 4) is 11.8 Å². The SMILES string of the molecule is Cc1ccc(OCC(=O)Nc2sc3c(c2C#N)CCC(C)C3)cc1C. The van der Waals surface area contributed by atoms with E-state index in [0.717, 1.165) is 30.4 Å². The lowest BCUT2D eigenvalue weighted by Crippen LogP contribution is -2.20. The Morgan fingerprint density at radius 2 is 2.20 bits per heavy atom. The number of nitrogens with one attached hydrogen (secondary N) is 1. The molecule has 1 N–H and O–H groups in total. The number of carbonyl (C=O) groups excluding carboxylic acids is 1. The van der Waals surface area contributed by atoms with Crippen molar-refractivity contribution < 1.29 is 9.53 Å². The van der Waals surface area contributed by atoms with Gasteiger partial charge in [0.15, 0.2) is 6.61 Å².